The molecule has 0 aliphatic carbocycles. The number of amides is 1. The standard InChI is InChI=1S/C17H16FNO3S/c18-15-5-1-3-14(10-15)17(20)19-11-12-6-7-16-13(9-12)4-2-8-23(16,21)22/h1,3,5-7,9-10H,2,4,8,11H2,(H,19,20). The zero-order valence-electron chi connectivity index (χ0n) is 12.4. The Labute approximate surface area is 134 Å². The van der Waals surface area contributed by atoms with Crippen molar-refractivity contribution in [2.45, 2.75) is 24.3 Å². The summed E-state index contributed by atoms with van der Waals surface area (Å²) in [7, 11) is -3.17. The van der Waals surface area contributed by atoms with Gasteiger partial charge < -0.3 is 5.32 Å². The van der Waals surface area contributed by atoms with Crippen LogP contribution in [0.25, 0.3) is 0 Å². The number of rotatable bonds is 3. The molecule has 1 amide bonds. The molecule has 0 saturated heterocycles. The van der Waals surface area contributed by atoms with Crippen molar-refractivity contribution in [3.63, 3.8) is 0 Å². The average molecular weight is 333 g/mol. The van der Waals surface area contributed by atoms with Crippen LogP contribution in [0, 0.1) is 5.82 Å². The molecule has 0 aromatic heterocycles. The maximum atomic E-state index is 13.1. The van der Waals surface area contributed by atoms with Crippen LogP contribution in [0.3, 0.4) is 0 Å². The van der Waals surface area contributed by atoms with E-state index in [4.69, 9.17) is 0 Å². The molecule has 0 fully saturated rings. The third kappa shape index (κ3) is 3.42. The molecule has 1 N–H and O–H groups in total. The summed E-state index contributed by atoms with van der Waals surface area (Å²) in [6, 6.07) is 10.6. The van der Waals surface area contributed by atoms with Gasteiger partial charge in [0.05, 0.1) is 10.6 Å². The van der Waals surface area contributed by atoms with Gasteiger partial charge in [0.2, 0.25) is 0 Å². The van der Waals surface area contributed by atoms with Gasteiger partial charge in [0.15, 0.2) is 9.84 Å². The number of hydrogen-bond acceptors (Lipinski definition) is 3. The normalized spacial score (nSPS) is 15.7. The van der Waals surface area contributed by atoms with Crippen LogP contribution in [-0.4, -0.2) is 20.1 Å². The van der Waals surface area contributed by atoms with Gasteiger partial charge in [0.1, 0.15) is 5.82 Å². The average Bonchev–Trinajstić information content (AvgIpc) is 2.52. The fraction of sp³-hybridized carbons (Fsp3) is 0.235. The Morgan fingerprint density at radius 3 is 2.78 bits per heavy atom. The quantitative estimate of drug-likeness (QED) is 0.938. The predicted molar refractivity (Wildman–Crippen MR) is 84.4 cm³/mol. The monoisotopic (exact) mass is 333 g/mol. The molecule has 120 valence electrons. The molecular formula is C17H16FNO3S. The summed E-state index contributed by atoms with van der Waals surface area (Å²) in [6.45, 7) is 0.267. The number of hydrogen-bond donors (Lipinski definition) is 1. The number of aryl methyl sites for hydroxylation is 1. The Morgan fingerprint density at radius 1 is 1.17 bits per heavy atom. The van der Waals surface area contributed by atoms with E-state index in [1.165, 1.54) is 24.3 Å². The number of sulfone groups is 1. The molecule has 0 bridgehead atoms. The second-order valence-electron chi connectivity index (χ2n) is 5.56. The van der Waals surface area contributed by atoms with Crippen LogP contribution in [-0.2, 0) is 22.8 Å². The molecule has 3 rings (SSSR count). The molecule has 1 aliphatic heterocycles. The lowest BCUT2D eigenvalue weighted by Gasteiger charge is -2.17. The fourth-order valence-electron chi connectivity index (χ4n) is 2.72. The molecule has 0 spiro atoms. The van der Waals surface area contributed by atoms with E-state index in [0.29, 0.717) is 11.3 Å². The third-order valence-corrected chi connectivity index (χ3v) is 5.75. The summed E-state index contributed by atoms with van der Waals surface area (Å²) in [5.74, 6) is -0.637. The first-order chi connectivity index (χ1) is 11.0. The molecule has 1 heterocycles. The maximum absolute atomic E-state index is 13.1. The van der Waals surface area contributed by atoms with Gasteiger partial charge in [-0.25, -0.2) is 12.8 Å². The first kappa shape index (κ1) is 15.7. The minimum Gasteiger partial charge on any atom is -0.348 e. The van der Waals surface area contributed by atoms with E-state index in [1.807, 2.05) is 6.07 Å². The molecule has 2 aromatic carbocycles. The minimum absolute atomic E-state index is 0.190. The highest BCUT2D eigenvalue weighted by atomic mass is 32.2. The summed E-state index contributed by atoms with van der Waals surface area (Å²) in [6.07, 6.45) is 1.34. The summed E-state index contributed by atoms with van der Waals surface area (Å²) >= 11 is 0. The van der Waals surface area contributed by atoms with Crippen LogP contribution in [0.15, 0.2) is 47.4 Å². The van der Waals surface area contributed by atoms with E-state index in [0.717, 1.165) is 17.5 Å². The van der Waals surface area contributed by atoms with E-state index in [1.54, 1.807) is 12.1 Å². The number of carbonyl (C=O) groups is 1. The molecular weight excluding hydrogens is 317 g/mol. The van der Waals surface area contributed by atoms with Crippen molar-refractivity contribution >= 4 is 15.7 Å². The first-order valence-electron chi connectivity index (χ1n) is 7.34. The van der Waals surface area contributed by atoms with Crippen LogP contribution in [0.1, 0.15) is 27.9 Å². The molecule has 0 radical (unpaired) electrons. The maximum Gasteiger partial charge on any atom is 0.251 e. The second-order valence-corrected chi connectivity index (χ2v) is 7.64. The topological polar surface area (TPSA) is 63.2 Å². The molecule has 6 heteroatoms. The van der Waals surface area contributed by atoms with Gasteiger partial charge in [-0.15, -0.1) is 0 Å². The number of fused-ring (bicyclic) bond motifs is 1. The molecule has 0 unspecified atom stereocenters. The van der Waals surface area contributed by atoms with Gasteiger partial charge in [-0.05, 0) is 48.2 Å². The smallest absolute Gasteiger partial charge is 0.251 e. The molecule has 1 aliphatic rings. The van der Waals surface area contributed by atoms with Crippen molar-refractivity contribution in [3.05, 3.63) is 65.0 Å². The van der Waals surface area contributed by atoms with Gasteiger partial charge in [0, 0.05) is 12.1 Å². The number of carbonyl (C=O) groups excluding carboxylic acids is 1. The third-order valence-electron chi connectivity index (χ3n) is 3.86. The molecule has 4 nitrogen and oxygen atoms in total. The molecule has 0 atom stereocenters. The van der Waals surface area contributed by atoms with Gasteiger partial charge in [-0.3, -0.25) is 4.79 Å². The van der Waals surface area contributed by atoms with Gasteiger partial charge in [-0.1, -0.05) is 18.2 Å². The Hall–Kier alpha value is -2.21. The van der Waals surface area contributed by atoms with Gasteiger partial charge in [0.25, 0.3) is 5.91 Å². The van der Waals surface area contributed by atoms with Crippen molar-refractivity contribution in [1.29, 1.82) is 0 Å². The van der Waals surface area contributed by atoms with E-state index >= 15 is 0 Å². The van der Waals surface area contributed by atoms with Gasteiger partial charge >= 0.3 is 0 Å². The lowest BCUT2D eigenvalue weighted by atomic mass is 10.1. The second kappa shape index (κ2) is 6.12. The highest BCUT2D eigenvalue weighted by molar-refractivity contribution is 7.91. The van der Waals surface area contributed by atoms with E-state index < -0.39 is 15.7 Å². The van der Waals surface area contributed by atoms with Crippen molar-refractivity contribution in [3.8, 4) is 0 Å². The van der Waals surface area contributed by atoms with E-state index in [-0.39, 0.29) is 23.8 Å². The highest BCUT2D eigenvalue weighted by Crippen LogP contribution is 2.25. The number of benzene rings is 2. The summed E-state index contributed by atoms with van der Waals surface area (Å²) in [4.78, 5) is 12.4. The van der Waals surface area contributed by atoms with Crippen molar-refractivity contribution in [1.82, 2.24) is 5.32 Å². The predicted octanol–water partition coefficient (Wildman–Crippen LogP) is 2.48. The Bertz CT molecular complexity index is 862. The Morgan fingerprint density at radius 2 is 2.00 bits per heavy atom. The van der Waals surface area contributed by atoms with E-state index in [9.17, 15) is 17.6 Å². The molecule has 23 heavy (non-hydrogen) atoms. The number of nitrogens with one attached hydrogen (secondary N) is 1. The lowest BCUT2D eigenvalue weighted by Crippen LogP contribution is -2.23. The highest BCUT2D eigenvalue weighted by Gasteiger charge is 2.23. The van der Waals surface area contributed by atoms with Gasteiger partial charge in [-0.2, -0.15) is 0 Å². The minimum atomic E-state index is -3.17. The Balaban J connectivity index is 1.73. The van der Waals surface area contributed by atoms with Crippen molar-refractivity contribution < 1.29 is 17.6 Å². The fourth-order valence-corrected chi connectivity index (χ4v) is 4.30. The van der Waals surface area contributed by atoms with Crippen LogP contribution < -0.4 is 5.32 Å². The summed E-state index contributed by atoms with van der Waals surface area (Å²) in [5.41, 5.74) is 1.88. The molecule has 2 aromatic rings. The summed E-state index contributed by atoms with van der Waals surface area (Å²) < 4.78 is 37.0. The SMILES string of the molecule is O=C(NCc1ccc2c(c1)CCCS2(=O)=O)c1cccc(F)c1. The van der Waals surface area contributed by atoms with Crippen LogP contribution >= 0.6 is 0 Å². The first-order valence-corrected chi connectivity index (χ1v) is 8.99. The Kier molecular flexibility index (Phi) is 4.17. The summed E-state index contributed by atoms with van der Waals surface area (Å²) in [5, 5.41) is 2.71. The van der Waals surface area contributed by atoms with Crippen LogP contribution in [0.2, 0.25) is 0 Å². The number of halogens is 1. The van der Waals surface area contributed by atoms with Crippen LogP contribution in [0.4, 0.5) is 4.39 Å². The largest absolute Gasteiger partial charge is 0.348 e. The zero-order valence-corrected chi connectivity index (χ0v) is 13.2. The molecule has 0 saturated carbocycles. The lowest BCUT2D eigenvalue weighted by molar-refractivity contribution is 0.0950. The van der Waals surface area contributed by atoms with E-state index in [2.05, 4.69) is 5.32 Å². The van der Waals surface area contributed by atoms with Crippen molar-refractivity contribution in [2.24, 2.45) is 0 Å². The van der Waals surface area contributed by atoms with Crippen molar-refractivity contribution in [2.75, 3.05) is 5.75 Å². The zero-order chi connectivity index (χ0) is 16.4. The van der Waals surface area contributed by atoms with Crippen LogP contribution in [0.5, 0.6) is 0 Å².